The van der Waals surface area contributed by atoms with Gasteiger partial charge < -0.3 is 4.90 Å². The molecule has 24 heavy (non-hydrogen) atoms. The summed E-state index contributed by atoms with van der Waals surface area (Å²) in [5.74, 6) is -0.162. The fourth-order valence-corrected chi connectivity index (χ4v) is 4.43. The van der Waals surface area contributed by atoms with Crippen LogP contribution in [-0.2, 0) is 0 Å². The lowest BCUT2D eigenvalue weighted by Crippen LogP contribution is -2.38. The third-order valence-electron chi connectivity index (χ3n) is 4.65. The van der Waals surface area contributed by atoms with Gasteiger partial charge in [-0.1, -0.05) is 11.6 Å². The van der Waals surface area contributed by atoms with Crippen LogP contribution < -0.4 is 0 Å². The number of alkyl halides is 1. The molecular formula is C17H18ClFN4S. The second kappa shape index (κ2) is 6.10. The topological polar surface area (TPSA) is 34.0 Å². The number of hydrogen-bond acceptors (Lipinski definition) is 4. The number of benzene rings is 1. The first-order valence-corrected chi connectivity index (χ1v) is 9.11. The van der Waals surface area contributed by atoms with Crippen LogP contribution in [0.3, 0.4) is 0 Å². The monoisotopic (exact) mass is 364 g/mol. The van der Waals surface area contributed by atoms with Crippen LogP contribution in [0.5, 0.6) is 0 Å². The van der Waals surface area contributed by atoms with Crippen LogP contribution in [0.4, 0.5) is 4.39 Å². The first kappa shape index (κ1) is 16.0. The van der Waals surface area contributed by atoms with Gasteiger partial charge >= 0.3 is 0 Å². The van der Waals surface area contributed by atoms with E-state index in [1.807, 2.05) is 41.8 Å². The zero-order valence-corrected chi connectivity index (χ0v) is 15.1. The number of halogens is 2. The number of aryl methyl sites for hydroxylation is 1. The van der Waals surface area contributed by atoms with Crippen molar-refractivity contribution in [1.29, 1.82) is 0 Å². The van der Waals surface area contributed by atoms with Gasteiger partial charge in [-0.25, -0.2) is 9.07 Å². The van der Waals surface area contributed by atoms with Gasteiger partial charge in [-0.05, 0) is 62.2 Å². The van der Waals surface area contributed by atoms with Crippen molar-refractivity contribution in [2.45, 2.75) is 25.4 Å². The summed E-state index contributed by atoms with van der Waals surface area (Å²) in [7, 11) is 1.95. The Labute approximate surface area is 149 Å². The average Bonchev–Trinajstić information content (AvgIpc) is 3.12. The average molecular weight is 365 g/mol. The minimum Gasteiger partial charge on any atom is -0.303 e. The largest absolute Gasteiger partial charge is 0.303 e. The molecule has 0 bridgehead atoms. The molecule has 1 aromatic carbocycles. The van der Waals surface area contributed by atoms with Crippen LogP contribution in [0.1, 0.15) is 23.6 Å². The maximum Gasteiger partial charge on any atom is 0.138 e. The van der Waals surface area contributed by atoms with Crippen LogP contribution in [0.25, 0.3) is 15.9 Å². The second-order valence-corrected chi connectivity index (χ2v) is 7.66. The third kappa shape index (κ3) is 2.72. The Kier molecular flexibility index (Phi) is 4.06. The summed E-state index contributed by atoms with van der Waals surface area (Å²) in [6, 6.07) is 5.90. The Morgan fingerprint density at radius 1 is 1.33 bits per heavy atom. The van der Waals surface area contributed by atoms with Gasteiger partial charge in [0.2, 0.25) is 0 Å². The normalized spacial score (nSPS) is 22.3. The van der Waals surface area contributed by atoms with E-state index < -0.39 is 6.17 Å². The molecule has 2 aromatic heterocycles. The van der Waals surface area contributed by atoms with Crippen LogP contribution in [-0.4, -0.2) is 45.4 Å². The zero-order valence-electron chi connectivity index (χ0n) is 13.5. The molecule has 7 heteroatoms. The minimum atomic E-state index is -0.902. The van der Waals surface area contributed by atoms with Crippen molar-refractivity contribution in [2.24, 2.45) is 0 Å². The predicted octanol–water partition coefficient (Wildman–Crippen LogP) is 4.20. The molecule has 0 spiro atoms. The molecule has 0 amide bonds. The third-order valence-corrected chi connectivity index (χ3v) is 5.84. The molecule has 3 aromatic rings. The molecule has 4 rings (SSSR count). The van der Waals surface area contributed by atoms with Crippen molar-refractivity contribution >= 4 is 34.0 Å². The molecule has 4 nitrogen and oxygen atoms in total. The summed E-state index contributed by atoms with van der Waals surface area (Å²) >= 11 is 7.88. The van der Waals surface area contributed by atoms with Crippen LogP contribution >= 0.6 is 23.1 Å². The van der Waals surface area contributed by atoms with E-state index in [9.17, 15) is 4.39 Å². The first-order chi connectivity index (χ1) is 11.5. The number of nitrogens with zero attached hydrogens (tertiary/aromatic N) is 4. The van der Waals surface area contributed by atoms with Gasteiger partial charge in [0.05, 0.1) is 17.4 Å². The van der Waals surface area contributed by atoms with Crippen molar-refractivity contribution in [3.05, 3.63) is 40.7 Å². The lowest BCUT2D eigenvalue weighted by molar-refractivity contribution is 0.139. The molecule has 0 saturated carbocycles. The van der Waals surface area contributed by atoms with Crippen LogP contribution in [0, 0.1) is 6.92 Å². The fourth-order valence-electron chi connectivity index (χ4n) is 3.38. The summed E-state index contributed by atoms with van der Waals surface area (Å²) in [5, 5.41) is 7.00. The van der Waals surface area contributed by atoms with Crippen LogP contribution in [0.2, 0.25) is 5.02 Å². The summed E-state index contributed by atoms with van der Waals surface area (Å²) in [6.07, 6.45) is 1.67. The molecule has 0 N–H and O–H groups in total. The summed E-state index contributed by atoms with van der Waals surface area (Å²) in [6.45, 7) is 3.29. The molecule has 1 saturated heterocycles. The van der Waals surface area contributed by atoms with E-state index in [4.69, 9.17) is 11.6 Å². The van der Waals surface area contributed by atoms with E-state index in [-0.39, 0.29) is 5.92 Å². The number of aromatic nitrogens is 3. The number of rotatable bonds is 2. The van der Waals surface area contributed by atoms with E-state index in [1.165, 1.54) is 11.5 Å². The van der Waals surface area contributed by atoms with Gasteiger partial charge in [0, 0.05) is 22.9 Å². The molecule has 1 aliphatic heterocycles. The molecule has 1 fully saturated rings. The maximum atomic E-state index is 14.6. The minimum absolute atomic E-state index is 0.162. The lowest BCUT2D eigenvalue weighted by atomic mass is 9.87. The molecule has 0 radical (unpaired) electrons. The Bertz CT molecular complexity index is 890. The summed E-state index contributed by atoms with van der Waals surface area (Å²) < 4.78 is 20.8. The van der Waals surface area contributed by atoms with Crippen molar-refractivity contribution < 1.29 is 4.39 Å². The van der Waals surface area contributed by atoms with Crippen molar-refractivity contribution in [1.82, 2.24) is 19.1 Å². The van der Waals surface area contributed by atoms with E-state index in [0.29, 0.717) is 11.6 Å². The molecule has 0 aliphatic carbocycles. The van der Waals surface area contributed by atoms with E-state index in [2.05, 4.69) is 9.47 Å². The van der Waals surface area contributed by atoms with Crippen LogP contribution in [0.15, 0.2) is 24.4 Å². The Hall–Kier alpha value is -1.50. The Balaban J connectivity index is 1.80. The van der Waals surface area contributed by atoms with Gasteiger partial charge in [0.25, 0.3) is 0 Å². The number of likely N-dealkylation sites (tertiary alicyclic amines) is 1. The van der Waals surface area contributed by atoms with E-state index in [1.54, 1.807) is 6.20 Å². The predicted molar refractivity (Wildman–Crippen MR) is 96.2 cm³/mol. The zero-order chi connectivity index (χ0) is 16.8. The highest BCUT2D eigenvalue weighted by Gasteiger charge is 2.30. The molecule has 126 valence electrons. The van der Waals surface area contributed by atoms with Crippen molar-refractivity contribution in [3.8, 4) is 5.00 Å². The SMILES string of the molecule is Cc1cc(-n2ncc3cc(Cl)c([C@H]4CCN(C)C[C@H]4F)cc32)sn1. The quantitative estimate of drug-likeness (QED) is 0.683. The highest BCUT2D eigenvalue weighted by molar-refractivity contribution is 7.08. The van der Waals surface area contributed by atoms with E-state index >= 15 is 0 Å². The smallest absolute Gasteiger partial charge is 0.138 e. The Morgan fingerprint density at radius 2 is 2.17 bits per heavy atom. The summed E-state index contributed by atoms with van der Waals surface area (Å²) in [4.78, 5) is 2.03. The highest BCUT2D eigenvalue weighted by atomic mass is 35.5. The summed E-state index contributed by atoms with van der Waals surface area (Å²) in [5.41, 5.74) is 2.80. The molecule has 1 aliphatic rings. The number of hydrogen-bond donors (Lipinski definition) is 0. The number of piperidine rings is 1. The first-order valence-electron chi connectivity index (χ1n) is 7.96. The van der Waals surface area contributed by atoms with Gasteiger partial charge in [0.15, 0.2) is 0 Å². The van der Waals surface area contributed by atoms with Gasteiger partial charge in [0.1, 0.15) is 11.2 Å². The maximum absolute atomic E-state index is 14.6. The molecule has 0 unspecified atom stereocenters. The highest BCUT2D eigenvalue weighted by Crippen LogP contribution is 2.37. The van der Waals surface area contributed by atoms with Gasteiger partial charge in [-0.15, -0.1) is 0 Å². The van der Waals surface area contributed by atoms with Gasteiger partial charge in [-0.2, -0.15) is 9.47 Å². The molecule has 3 heterocycles. The lowest BCUT2D eigenvalue weighted by Gasteiger charge is -2.33. The molecule has 2 atom stereocenters. The van der Waals surface area contributed by atoms with E-state index in [0.717, 1.165) is 40.1 Å². The van der Waals surface area contributed by atoms with Crippen molar-refractivity contribution in [3.63, 3.8) is 0 Å². The standard InChI is InChI=1S/C17H18ClFN4S/c1-10-5-17(24-21-10)23-16-7-13(14(18)6-11(16)8-20-23)12-3-4-22(2)9-15(12)19/h5-8,12,15H,3-4,9H2,1-2H3/t12-,15-/m1/s1. The van der Waals surface area contributed by atoms with Gasteiger partial charge in [-0.3, -0.25) is 0 Å². The number of fused-ring (bicyclic) bond motifs is 1. The Morgan fingerprint density at radius 3 is 2.88 bits per heavy atom. The second-order valence-electron chi connectivity index (χ2n) is 6.47. The van der Waals surface area contributed by atoms with Crippen molar-refractivity contribution in [2.75, 3.05) is 20.1 Å². The molecular weight excluding hydrogens is 347 g/mol. The fraction of sp³-hybridized carbons (Fsp3) is 0.412.